The van der Waals surface area contributed by atoms with Crippen LogP contribution in [0.4, 0.5) is 18.9 Å². The number of carbonyl (C=O) groups excluding carboxylic acids is 1. The molecule has 0 fully saturated rings. The number of nitrogens with two attached hydrogens (primary N) is 1. The van der Waals surface area contributed by atoms with E-state index in [0.29, 0.717) is 6.07 Å². The van der Waals surface area contributed by atoms with Gasteiger partial charge in [0.15, 0.2) is 5.78 Å². The topological polar surface area (TPSA) is 63.3 Å². The summed E-state index contributed by atoms with van der Waals surface area (Å²) >= 11 is 0. The summed E-state index contributed by atoms with van der Waals surface area (Å²) in [4.78, 5) is 11.0. The van der Waals surface area contributed by atoms with E-state index < -0.39 is 28.8 Å². The number of aromatic hydroxyl groups is 1. The maximum atomic E-state index is 12.4. The fourth-order valence-electron chi connectivity index (χ4n) is 1.27. The van der Waals surface area contributed by atoms with Gasteiger partial charge in [-0.15, -0.1) is 0 Å². The smallest absolute Gasteiger partial charge is 0.417 e. The fourth-order valence-corrected chi connectivity index (χ4v) is 1.27. The molecule has 0 amide bonds. The second-order valence-electron chi connectivity index (χ2n) is 3.01. The Kier molecular flexibility index (Phi) is 2.61. The van der Waals surface area contributed by atoms with Crippen molar-refractivity contribution in [3.63, 3.8) is 0 Å². The van der Waals surface area contributed by atoms with Gasteiger partial charge < -0.3 is 10.8 Å². The Morgan fingerprint density at radius 3 is 2.33 bits per heavy atom. The van der Waals surface area contributed by atoms with Crippen LogP contribution in [0.25, 0.3) is 0 Å². The molecule has 0 saturated heterocycles. The third-order valence-electron chi connectivity index (χ3n) is 1.81. The zero-order valence-electron chi connectivity index (χ0n) is 7.72. The number of nitrogen functional groups attached to an aromatic ring is 1. The first kappa shape index (κ1) is 11.4. The maximum absolute atomic E-state index is 12.4. The second-order valence-corrected chi connectivity index (χ2v) is 3.01. The van der Waals surface area contributed by atoms with Crippen molar-refractivity contribution in [1.82, 2.24) is 0 Å². The summed E-state index contributed by atoms with van der Waals surface area (Å²) in [7, 11) is 0. The van der Waals surface area contributed by atoms with Gasteiger partial charge in [-0.1, -0.05) is 0 Å². The molecule has 6 heteroatoms. The lowest BCUT2D eigenvalue weighted by Gasteiger charge is -2.13. The van der Waals surface area contributed by atoms with Gasteiger partial charge in [0.1, 0.15) is 5.75 Å². The lowest BCUT2D eigenvalue weighted by Crippen LogP contribution is -2.13. The third kappa shape index (κ3) is 2.20. The third-order valence-corrected chi connectivity index (χ3v) is 1.81. The number of benzene rings is 1. The number of carbonyl (C=O) groups is 1. The molecule has 0 unspecified atom stereocenters. The quantitative estimate of drug-likeness (QED) is 0.562. The highest BCUT2D eigenvalue weighted by Crippen LogP contribution is 2.37. The molecule has 0 aromatic heterocycles. The molecule has 0 aliphatic carbocycles. The van der Waals surface area contributed by atoms with E-state index in [1.54, 1.807) is 0 Å². The van der Waals surface area contributed by atoms with Gasteiger partial charge >= 0.3 is 6.18 Å². The minimum absolute atomic E-state index is 0.380. The molecule has 0 saturated carbocycles. The van der Waals surface area contributed by atoms with Crippen molar-refractivity contribution >= 4 is 11.5 Å². The SMILES string of the molecule is CC(=O)c1c(N)cc(O)cc1C(F)(F)F. The summed E-state index contributed by atoms with van der Waals surface area (Å²) in [5, 5.41) is 8.97. The Hall–Kier alpha value is -1.72. The number of rotatable bonds is 1. The number of anilines is 1. The highest BCUT2D eigenvalue weighted by Gasteiger charge is 2.36. The normalized spacial score (nSPS) is 11.5. The molecule has 0 radical (unpaired) electrons. The van der Waals surface area contributed by atoms with Gasteiger partial charge in [-0.3, -0.25) is 4.79 Å². The van der Waals surface area contributed by atoms with Gasteiger partial charge in [0.2, 0.25) is 0 Å². The molecule has 3 N–H and O–H groups in total. The van der Waals surface area contributed by atoms with Crippen molar-refractivity contribution in [3.05, 3.63) is 23.3 Å². The second kappa shape index (κ2) is 3.45. The van der Waals surface area contributed by atoms with Crippen molar-refractivity contribution in [2.75, 3.05) is 5.73 Å². The molecule has 1 rings (SSSR count). The van der Waals surface area contributed by atoms with E-state index in [-0.39, 0.29) is 5.69 Å². The summed E-state index contributed by atoms with van der Waals surface area (Å²) in [6.07, 6.45) is -4.71. The Balaban J connectivity index is 3.54. The number of phenols is 1. The van der Waals surface area contributed by atoms with Crippen LogP contribution < -0.4 is 5.73 Å². The Labute approximate surface area is 83.3 Å². The number of hydrogen-bond acceptors (Lipinski definition) is 3. The summed E-state index contributed by atoms with van der Waals surface area (Å²) in [5.41, 5.74) is 3.03. The first-order chi connectivity index (χ1) is 6.73. The van der Waals surface area contributed by atoms with Crippen LogP contribution in [0.2, 0.25) is 0 Å². The lowest BCUT2D eigenvalue weighted by atomic mass is 10.0. The van der Waals surface area contributed by atoms with E-state index in [4.69, 9.17) is 10.8 Å². The first-order valence-electron chi connectivity index (χ1n) is 3.94. The molecular weight excluding hydrogens is 211 g/mol. The Bertz CT molecular complexity index is 413. The van der Waals surface area contributed by atoms with Gasteiger partial charge in [-0.05, 0) is 13.0 Å². The Morgan fingerprint density at radius 1 is 1.40 bits per heavy atom. The van der Waals surface area contributed by atoms with Crippen LogP contribution in [-0.4, -0.2) is 10.9 Å². The Morgan fingerprint density at radius 2 is 1.93 bits per heavy atom. The molecule has 3 nitrogen and oxygen atoms in total. The number of alkyl halides is 3. The van der Waals surface area contributed by atoms with E-state index in [0.717, 1.165) is 13.0 Å². The van der Waals surface area contributed by atoms with Gasteiger partial charge in [0, 0.05) is 11.8 Å². The molecule has 0 bridgehead atoms. The van der Waals surface area contributed by atoms with Crippen molar-refractivity contribution in [1.29, 1.82) is 0 Å². The van der Waals surface area contributed by atoms with Gasteiger partial charge in [-0.25, -0.2) is 0 Å². The van der Waals surface area contributed by atoms with E-state index in [1.807, 2.05) is 0 Å². The molecule has 0 heterocycles. The minimum atomic E-state index is -4.71. The molecule has 0 spiro atoms. The van der Waals surface area contributed by atoms with Crippen LogP contribution in [0.15, 0.2) is 12.1 Å². The average molecular weight is 219 g/mol. The number of phenolic OH excluding ortho intramolecular Hbond substituents is 1. The summed E-state index contributed by atoms with van der Waals surface area (Å²) in [5.74, 6) is -1.41. The molecule has 1 aromatic rings. The van der Waals surface area contributed by atoms with Gasteiger partial charge in [0.05, 0.1) is 11.1 Å². The number of halogens is 3. The average Bonchev–Trinajstić information content (AvgIpc) is 1.99. The van der Waals surface area contributed by atoms with Crippen LogP contribution in [0, 0.1) is 0 Å². The van der Waals surface area contributed by atoms with Crippen LogP contribution in [-0.2, 0) is 6.18 Å². The predicted octanol–water partition coefficient (Wildman–Crippen LogP) is 2.20. The van der Waals surface area contributed by atoms with Crippen molar-refractivity contribution in [3.8, 4) is 5.75 Å². The standard InChI is InChI=1S/C9H8F3NO2/c1-4(14)8-6(9(10,11)12)2-5(15)3-7(8)13/h2-3,15H,13H2,1H3. The first-order valence-corrected chi connectivity index (χ1v) is 3.94. The van der Waals surface area contributed by atoms with Crippen LogP contribution >= 0.6 is 0 Å². The molecule has 82 valence electrons. The molecule has 0 atom stereocenters. The van der Waals surface area contributed by atoms with E-state index in [2.05, 4.69) is 0 Å². The summed E-state index contributed by atoms with van der Waals surface area (Å²) in [6.45, 7) is 0.984. The summed E-state index contributed by atoms with van der Waals surface area (Å²) in [6, 6.07) is 1.39. The van der Waals surface area contributed by atoms with Crippen molar-refractivity contribution < 1.29 is 23.1 Å². The van der Waals surface area contributed by atoms with Gasteiger partial charge in [-0.2, -0.15) is 13.2 Å². The molecule has 0 aliphatic heterocycles. The van der Waals surface area contributed by atoms with E-state index in [1.165, 1.54) is 0 Å². The van der Waals surface area contributed by atoms with Crippen LogP contribution in [0.5, 0.6) is 5.75 Å². The minimum Gasteiger partial charge on any atom is -0.508 e. The zero-order valence-corrected chi connectivity index (χ0v) is 7.72. The van der Waals surface area contributed by atoms with E-state index >= 15 is 0 Å². The van der Waals surface area contributed by atoms with Gasteiger partial charge in [0.25, 0.3) is 0 Å². The predicted molar refractivity (Wildman–Crippen MR) is 47.5 cm³/mol. The monoisotopic (exact) mass is 219 g/mol. The number of hydrogen-bond donors (Lipinski definition) is 2. The molecule has 0 aliphatic rings. The molecule has 15 heavy (non-hydrogen) atoms. The highest BCUT2D eigenvalue weighted by molar-refractivity contribution is 6.01. The van der Waals surface area contributed by atoms with Crippen LogP contribution in [0.3, 0.4) is 0 Å². The maximum Gasteiger partial charge on any atom is 0.417 e. The molecular formula is C9H8F3NO2. The van der Waals surface area contributed by atoms with E-state index in [9.17, 15) is 18.0 Å². The fraction of sp³-hybridized carbons (Fsp3) is 0.222. The summed E-state index contributed by atoms with van der Waals surface area (Å²) < 4.78 is 37.3. The van der Waals surface area contributed by atoms with Crippen molar-refractivity contribution in [2.45, 2.75) is 13.1 Å². The lowest BCUT2D eigenvalue weighted by molar-refractivity contribution is -0.138. The van der Waals surface area contributed by atoms with Crippen molar-refractivity contribution in [2.24, 2.45) is 0 Å². The highest BCUT2D eigenvalue weighted by atomic mass is 19.4. The van der Waals surface area contributed by atoms with Crippen LogP contribution in [0.1, 0.15) is 22.8 Å². The molecule has 1 aromatic carbocycles. The largest absolute Gasteiger partial charge is 0.508 e. The number of Topliss-reactive ketones (excluding diaryl/α,β-unsaturated/α-hetero) is 1. The number of ketones is 1. The zero-order chi connectivity index (χ0) is 11.8.